The summed E-state index contributed by atoms with van der Waals surface area (Å²) in [6.45, 7) is 1.95. The number of benzene rings is 1. The van der Waals surface area contributed by atoms with Gasteiger partial charge in [0.2, 0.25) is 5.91 Å². The minimum atomic E-state index is -0.484. The van der Waals surface area contributed by atoms with E-state index >= 15 is 0 Å². The predicted octanol–water partition coefficient (Wildman–Crippen LogP) is 0.701. The van der Waals surface area contributed by atoms with Crippen molar-refractivity contribution in [1.82, 2.24) is 9.55 Å². The molecule has 0 atom stereocenters. The summed E-state index contributed by atoms with van der Waals surface area (Å²) in [6.07, 6.45) is 0. The van der Waals surface area contributed by atoms with Gasteiger partial charge in [-0.1, -0.05) is 23.9 Å². The molecule has 0 spiro atoms. The van der Waals surface area contributed by atoms with Gasteiger partial charge in [0.15, 0.2) is 5.16 Å². The number of primary amides is 1. The van der Waals surface area contributed by atoms with Gasteiger partial charge in [0.1, 0.15) is 5.82 Å². The molecule has 6 nitrogen and oxygen atoms in total. The van der Waals surface area contributed by atoms with Crippen LogP contribution in [0.4, 0.5) is 5.82 Å². The molecule has 0 unspecified atom stereocenters. The highest BCUT2D eigenvalue weighted by Gasteiger charge is 2.11. The molecular formula is C13H14N4O2S. The fraction of sp³-hybridized carbons (Fsp3) is 0.154. The summed E-state index contributed by atoms with van der Waals surface area (Å²) < 4.78 is 1.63. The van der Waals surface area contributed by atoms with Gasteiger partial charge in [-0.25, -0.2) is 0 Å². The van der Waals surface area contributed by atoms with Crippen LogP contribution in [0.5, 0.6) is 0 Å². The summed E-state index contributed by atoms with van der Waals surface area (Å²) in [6, 6.07) is 8.84. The molecule has 0 bridgehead atoms. The Morgan fingerprint density at radius 3 is 2.80 bits per heavy atom. The zero-order chi connectivity index (χ0) is 14.7. The van der Waals surface area contributed by atoms with Crippen LogP contribution in [0.1, 0.15) is 5.56 Å². The molecule has 2 aromatic rings. The third-order valence-electron chi connectivity index (χ3n) is 2.53. The van der Waals surface area contributed by atoms with E-state index in [2.05, 4.69) is 4.98 Å². The first-order chi connectivity index (χ1) is 9.47. The summed E-state index contributed by atoms with van der Waals surface area (Å²) >= 11 is 1.08. The van der Waals surface area contributed by atoms with Crippen LogP contribution in [-0.4, -0.2) is 21.2 Å². The average molecular weight is 290 g/mol. The topological polar surface area (TPSA) is 104 Å². The van der Waals surface area contributed by atoms with E-state index in [4.69, 9.17) is 11.5 Å². The first kappa shape index (κ1) is 14.1. The summed E-state index contributed by atoms with van der Waals surface area (Å²) in [7, 11) is 0. The number of carbonyl (C=O) groups excluding carboxylic acids is 1. The molecule has 20 heavy (non-hydrogen) atoms. The molecule has 0 fully saturated rings. The van der Waals surface area contributed by atoms with Crippen LogP contribution in [0.25, 0.3) is 5.69 Å². The van der Waals surface area contributed by atoms with Crippen LogP contribution in [0.3, 0.4) is 0 Å². The average Bonchev–Trinajstić information content (AvgIpc) is 2.35. The van der Waals surface area contributed by atoms with Gasteiger partial charge in [0, 0.05) is 11.8 Å². The van der Waals surface area contributed by atoms with Gasteiger partial charge in [0.25, 0.3) is 5.56 Å². The normalized spacial score (nSPS) is 10.4. The molecule has 1 amide bonds. The van der Waals surface area contributed by atoms with E-state index in [1.54, 1.807) is 4.57 Å². The van der Waals surface area contributed by atoms with Gasteiger partial charge in [-0.05, 0) is 24.6 Å². The smallest absolute Gasteiger partial charge is 0.275 e. The fourth-order valence-corrected chi connectivity index (χ4v) is 2.50. The summed E-state index contributed by atoms with van der Waals surface area (Å²) in [4.78, 5) is 26.3. The molecule has 2 rings (SSSR count). The monoisotopic (exact) mass is 290 g/mol. The Balaban J connectivity index is 2.55. The second-order valence-corrected chi connectivity index (χ2v) is 5.17. The van der Waals surface area contributed by atoms with Gasteiger partial charge >= 0.3 is 0 Å². The zero-order valence-electron chi connectivity index (χ0n) is 10.9. The van der Waals surface area contributed by atoms with Crippen molar-refractivity contribution in [2.45, 2.75) is 12.1 Å². The van der Waals surface area contributed by atoms with E-state index in [9.17, 15) is 9.59 Å². The van der Waals surface area contributed by atoms with E-state index in [0.29, 0.717) is 5.16 Å². The number of aryl methyl sites for hydroxylation is 1. The Labute approximate surface area is 119 Å². The lowest BCUT2D eigenvalue weighted by Crippen LogP contribution is -2.19. The molecular weight excluding hydrogens is 276 g/mol. The third-order valence-corrected chi connectivity index (χ3v) is 3.49. The van der Waals surface area contributed by atoms with E-state index in [1.165, 1.54) is 6.07 Å². The van der Waals surface area contributed by atoms with Crippen molar-refractivity contribution in [2.75, 3.05) is 11.5 Å². The molecule has 7 heteroatoms. The first-order valence-corrected chi connectivity index (χ1v) is 6.83. The molecule has 0 saturated heterocycles. The van der Waals surface area contributed by atoms with Gasteiger partial charge in [0.05, 0.1) is 5.75 Å². The second-order valence-electron chi connectivity index (χ2n) is 4.23. The van der Waals surface area contributed by atoms with Crippen LogP contribution in [0.15, 0.2) is 40.3 Å². The quantitative estimate of drug-likeness (QED) is 0.637. The SMILES string of the molecule is Cc1cccc(-n2c(N)cc(=O)nc2SCC(N)=O)c1. The molecule has 0 aliphatic carbocycles. The Morgan fingerprint density at radius 2 is 2.15 bits per heavy atom. The highest BCUT2D eigenvalue weighted by Crippen LogP contribution is 2.22. The number of nitrogens with zero attached hydrogens (tertiary/aromatic N) is 2. The van der Waals surface area contributed by atoms with Crippen molar-refractivity contribution in [3.63, 3.8) is 0 Å². The molecule has 0 aliphatic heterocycles. The van der Waals surface area contributed by atoms with Gasteiger partial charge in [-0.2, -0.15) is 4.98 Å². The van der Waals surface area contributed by atoms with Crippen LogP contribution in [-0.2, 0) is 4.79 Å². The molecule has 1 aromatic carbocycles. The second kappa shape index (κ2) is 5.79. The third kappa shape index (κ3) is 3.18. The maximum Gasteiger partial charge on any atom is 0.275 e. The molecule has 4 N–H and O–H groups in total. The van der Waals surface area contributed by atoms with Crippen molar-refractivity contribution in [1.29, 1.82) is 0 Å². The number of rotatable bonds is 4. The minimum Gasteiger partial charge on any atom is -0.385 e. The number of hydrogen-bond acceptors (Lipinski definition) is 5. The van der Waals surface area contributed by atoms with E-state index in [0.717, 1.165) is 23.0 Å². The standard InChI is InChI=1S/C13H14N4O2S/c1-8-3-2-4-9(5-8)17-10(14)6-12(19)16-13(17)20-7-11(15)18/h2-6H,7,14H2,1H3,(H2,15,18). The lowest BCUT2D eigenvalue weighted by atomic mass is 10.2. The minimum absolute atomic E-state index is 0.0295. The van der Waals surface area contributed by atoms with Crippen LogP contribution in [0, 0.1) is 6.92 Å². The first-order valence-electron chi connectivity index (χ1n) is 5.85. The summed E-state index contributed by atoms with van der Waals surface area (Å²) in [5.74, 6) is -0.188. The number of carbonyl (C=O) groups is 1. The van der Waals surface area contributed by atoms with Gasteiger partial charge in [-0.3, -0.25) is 14.2 Å². The number of nitrogens with two attached hydrogens (primary N) is 2. The number of thioether (sulfide) groups is 1. The maximum absolute atomic E-state index is 11.5. The van der Waals surface area contributed by atoms with E-state index in [-0.39, 0.29) is 11.6 Å². The highest BCUT2D eigenvalue weighted by atomic mass is 32.2. The number of anilines is 1. The molecule has 0 saturated carbocycles. The number of amides is 1. The number of nitrogen functional groups attached to an aromatic ring is 1. The molecule has 0 aliphatic rings. The number of aromatic nitrogens is 2. The maximum atomic E-state index is 11.5. The highest BCUT2D eigenvalue weighted by molar-refractivity contribution is 7.99. The van der Waals surface area contributed by atoms with Gasteiger partial charge < -0.3 is 11.5 Å². The fourth-order valence-electron chi connectivity index (χ4n) is 1.74. The Hall–Kier alpha value is -2.28. The molecule has 0 radical (unpaired) electrons. The largest absolute Gasteiger partial charge is 0.385 e. The van der Waals surface area contributed by atoms with Crippen LogP contribution in [0.2, 0.25) is 0 Å². The predicted molar refractivity (Wildman–Crippen MR) is 78.9 cm³/mol. The summed E-state index contributed by atoms with van der Waals surface area (Å²) in [5.41, 5.74) is 12.4. The van der Waals surface area contributed by atoms with Crippen molar-refractivity contribution >= 4 is 23.5 Å². The molecule has 1 heterocycles. The lowest BCUT2D eigenvalue weighted by Gasteiger charge is -2.14. The van der Waals surface area contributed by atoms with Crippen molar-refractivity contribution in [3.05, 3.63) is 46.2 Å². The van der Waals surface area contributed by atoms with E-state index in [1.807, 2.05) is 31.2 Å². The van der Waals surface area contributed by atoms with E-state index < -0.39 is 11.5 Å². The van der Waals surface area contributed by atoms with Crippen molar-refractivity contribution < 1.29 is 4.79 Å². The molecule has 1 aromatic heterocycles. The van der Waals surface area contributed by atoms with Crippen molar-refractivity contribution in [2.24, 2.45) is 5.73 Å². The Bertz CT molecular complexity index is 712. The zero-order valence-corrected chi connectivity index (χ0v) is 11.7. The molecule has 104 valence electrons. The summed E-state index contributed by atoms with van der Waals surface area (Å²) in [5, 5.41) is 0.347. The van der Waals surface area contributed by atoms with Crippen LogP contribution >= 0.6 is 11.8 Å². The van der Waals surface area contributed by atoms with Crippen LogP contribution < -0.4 is 17.0 Å². The van der Waals surface area contributed by atoms with Crippen molar-refractivity contribution in [3.8, 4) is 5.69 Å². The number of hydrogen-bond donors (Lipinski definition) is 2. The Morgan fingerprint density at radius 1 is 1.40 bits per heavy atom. The van der Waals surface area contributed by atoms with Gasteiger partial charge in [-0.15, -0.1) is 0 Å². The lowest BCUT2D eigenvalue weighted by molar-refractivity contribution is -0.115. The Kier molecular flexibility index (Phi) is 4.09.